The molecular formula is C26H27NO6S3. The molecule has 10 heteroatoms. The van der Waals surface area contributed by atoms with Crippen LogP contribution in [0.5, 0.6) is 0 Å². The Balaban J connectivity index is 1.45. The van der Waals surface area contributed by atoms with Gasteiger partial charge in [-0.1, -0.05) is 12.1 Å². The number of nitrogens with zero attached hydrogens (tertiary/aromatic N) is 1. The number of allylic oxidation sites excluding steroid dienone is 2. The van der Waals surface area contributed by atoms with Gasteiger partial charge in [-0.05, 0) is 67.2 Å². The largest absolute Gasteiger partial charge is 0.481 e. The Morgan fingerprint density at radius 2 is 1.94 bits per heavy atom. The normalized spacial score (nSPS) is 20.6. The highest BCUT2D eigenvalue weighted by atomic mass is 32.2. The number of hydrogen-bond donors (Lipinski definition) is 1. The van der Waals surface area contributed by atoms with Gasteiger partial charge in [0.2, 0.25) is 0 Å². The molecule has 1 aromatic carbocycles. The lowest BCUT2D eigenvalue weighted by Gasteiger charge is -2.15. The molecule has 5 rings (SSSR count). The fourth-order valence-electron chi connectivity index (χ4n) is 4.62. The Labute approximate surface area is 218 Å². The van der Waals surface area contributed by atoms with Crippen LogP contribution in [0.4, 0.5) is 0 Å². The van der Waals surface area contributed by atoms with Crippen molar-refractivity contribution in [2.45, 2.75) is 71.6 Å². The van der Waals surface area contributed by atoms with E-state index in [2.05, 4.69) is 4.98 Å². The zero-order valence-corrected chi connectivity index (χ0v) is 22.1. The lowest BCUT2D eigenvalue weighted by atomic mass is 9.92. The second kappa shape index (κ2) is 10.2. The number of hydrogen-bond acceptors (Lipinski definition) is 8. The lowest BCUT2D eigenvalue weighted by Crippen LogP contribution is -2.12. The standard InChI is InChI=1S/C26H27NO6S3/c28-18-5-1-15(9-18)10-20(22(29)12-24-27-13-26(35-24)34-14-25(30)31)17-4-8-23(21(11-17)16-2-3-16)36(32,33)19-6-7-19/h4,8,10-11,13,15-16,19H,1-3,5-7,9,12,14H2,(H,30,31)/b20-10+/t15-/m0/s1. The van der Waals surface area contributed by atoms with Crippen molar-refractivity contribution in [1.82, 2.24) is 4.98 Å². The van der Waals surface area contributed by atoms with Gasteiger partial charge in [0.05, 0.1) is 32.7 Å². The number of carboxylic acid groups (broad SMARTS) is 1. The van der Waals surface area contributed by atoms with Crippen molar-refractivity contribution in [1.29, 1.82) is 0 Å². The number of thiazole rings is 1. The van der Waals surface area contributed by atoms with Crippen molar-refractivity contribution in [3.05, 3.63) is 46.6 Å². The van der Waals surface area contributed by atoms with Crippen LogP contribution in [-0.4, -0.2) is 47.0 Å². The predicted molar refractivity (Wildman–Crippen MR) is 138 cm³/mol. The number of rotatable bonds is 11. The number of carbonyl (C=O) groups is 3. The molecule has 1 N–H and O–H groups in total. The Kier molecular flexibility index (Phi) is 7.20. The van der Waals surface area contributed by atoms with Gasteiger partial charge in [0.1, 0.15) is 10.8 Å². The average molecular weight is 546 g/mol. The second-order valence-corrected chi connectivity index (χ2v) is 14.3. The van der Waals surface area contributed by atoms with E-state index in [0.717, 1.165) is 22.6 Å². The first-order valence-electron chi connectivity index (χ1n) is 12.1. The number of benzene rings is 1. The zero-order chi connectivity index (χ0) is 25.4. The Morgan fingerprint density at radius 3 is 2.58 bits per heavy atom. The molecule has 3 aliphatic rings. The molecule has 1 aromatic heterocycles. The Hall–Kier alpha value is -2.30. The molecule has 1 heterocycles. The molecule has 0 bridgehead atoms. The van der Waals surface area contributed by atoms with Crippen LogP contribution in [0.1, 0.15) is 67.0 Å². The molecule has 3 fully saturated rings. The summed E-state index contributed by atoms with van der Waals surface area (Å²) >= 11 is 2.47. The van der Waals surface area contributed by atoms with E-state index >= 15 is 0 Å². The lowest BCUT2D eigenvalue weighted by molar-refractivity contribution is -0.134. The third kappa shape index (κ3) is 5.81. The minimum Gasteiger partial charge on any atom is -0.481 e. The van der Waals surface area contributed by atoms with E-state index in [1.54, 1.807) is 18.3 Å². The van der Waals surface area contributed by atoms with Crippen LogP contribution in [0, 0.1) is 5.92 Å². The van der Waals surface area contributed by atoms with Crippen molar-refractivity contribution in [2.24, 2.45) is 5.92 Å². The number of thioether (sulfide) groups is 1. The summed E-state index contributed by atoms with van der Waals surface area (Å²) < 4.78 is 26.8. The second-order valence-electron chi connectivity index (χ2n) is 9.75. The molecule has 3 saturated carbocycles. The maximum Gasteiger partial charge on any atom is 0.313 e. The summed E-state index contributed by atoms with van der Waals surface area (Å²) in [6.07, 6.45) is 8.44. The van der Waals surface area contributed by atoms with Crippen LogP contribution in [0.2, 0.25) is 0 Å². The molecular weight excluding hydrogens is 518 g/mol. The third-order valence-corrected chi connectivity index (χ3v) is 11.3. The smallest absolute Gasteiger partial charge is 0.313 e. The van der Waals surface area contributed by atoms with Crippen molar-refractivity contribution in [2.75, 3.05) is 5.75 Å². The number of carboxylic acids is 1. The van der Waals surface area contributed by atoms with Crippen LogP contribution in [0.25, 0.3) is 5.57 Å². The fraction of sp³-hybridized carbons (Fsp3) is 0.462. The molecule has 0 radical (unpaired) electrons. The highest BCUT2D eigenvalue weighted by molar-refractivity contribution is 8.01. The van der Waals surface area contributed by atoms with Gasteiger partial charge in [-0.2, -0.15) is 0 Å². The number of sulfone groups is 1. The molecule has 7 nitrogen and oxygen atoms in total. The first-order valence-corrected chi connectivity index (χ1v) is 15.5. The number of aromatic nitrogens is 1. The number of ketones is 2. The van der Waals surface area contributed by atoms with Crippen molar-refractivity contribution >= 4 is 56.0 Å². The predicted octanol–water partition coefficient (Wildman–Crippen LogP) is 4.70. The first-order chi connectivity index (χ1) is 17.2. The molecule has 36 heavy (non-hydrogen) atoms. The SMILES string of the molecule is O=C(O)CSc1cnc(CC(=O)/C(=C/[C@H]2CCC(=O)C2)c2ccc(S(=O)(=O)C3CC3)c(C3CC3)c2)s1. The number of Topliss-reactive ketones (excluding diaryl/α,β-unsaturated/α-hetero) is 2. The van der Waals surface area contributed by atoms with Gasteiger partial charge >= 0.3 is 5.97 Å². The van der Waals surface area contributed by atoms with Crippen LogP contribution >= 0.6 is 23.1 Å². The maximum atomic E-state index is 13.5. The van der Waals surface area contributed by atoms with Gasteiger partial charge in [-0.25, -0.2) is 13.4 Å². The van der Waals surface area contributed by atoms with Crippen LogP contribution < -0.4 is 0 Å². The molecule has 3 aliphatic carbocycles. The monoisotopic (exact) mass is 545 g/mol. The van der Waals surface area contributed by atoms with Gasteiger partial charge in [-0.3, -0.25) is 14.4 Å². The Morgan fingerprint density at radius 1 is 1.17 bits per heavy atom. The maximum absolute atomic E-state index is 13.5. The van der Waals surface area contributed by atoms with Crippen LogP contribution in [-0.2, 0) is 30.6 Å². The molecule has 190 valence electrons. The Bertz CT molecular complexity index is 1350. The van der Waals surface area contributed by atoms with Gasteiger partial charge in [0.25, 0.3) is 0 Å². The summed E-state index contributed by atoms with van der Waals surface area (Å²) in [4.78, 5) is 41.0. The average Bonchev–Trinajstić information content (AvgIpc) is 3.77. The van der Waals surface area contributed by atoms with Gasteiger partial charge in [0.15, 0.2) is 15.6 Å². The van der Waals surface area contributed by atoms with E-state index in [1.165, 1.54) is 23.1 Å². The van der Waals surface area contributed by atoms with Crippen LogP contribution in [0.15, 0.2) is 39.6 Å². The highest BCUT2D eigenvalue weighted by Gasteiger charge is 2.40. The first kappa shape index (κ1) is 25.4. The molecule has 0 aliphatic heterocycles. The molecule has 0 spiro atoms. The van der Waals surface area contributed by atoms with Crippen molar-refractivity contribution in [3.8, 4) is 0 Å². The van der Waals surface area contributed by atoms with Crippen molar-refractivity contribution in [3.63, 3.8) is 0 Å². The molecule has 0 saturated heterocycles. The molecule has 0 unspecified atom stereocenters. The summed E-state index contributed by atoms with van der Waals surface area (Å²) in [5, 5.41) is 9.19. The molecule has 0 amide bonds. The van der Waals surface area contributed by atoms with E-state index in [1.807, 2.05) is 12.1 Å². The van der Waals surface area contributed by atoms with Gasteiger partial charge in [-0.15, -0.1) is 23.1 Å². The number of aliphatic carboxylic acids is 1. The van der Waals surface area contributed by atoms with E-state index in [-0.39, 0.29) is 40.8 Å². The fourth-order valence-corrected chi connectivity index (χ4v) is 8.29. The zero-order valence-electron chi connectivity index (χ0n) is 19.6. The van der Waals surface area contributed by atoms with E-state index in [9.17, 15) is 22.8 Å². The molecule has 1 atom stereocenters. The van der Waals surface area contributed by atoms with Crippen LogP contribution in [0.3, 0.4) is 0 Å². The van der Waals surface area contributed by atoms with Crippen molar-refractivity contribution < 1.29 is 27.9 Å². The third-order valence-electron chi connectivity index (χ3n) is 6.78. The topological polar surface area (TPSA) is 118 Å². The van der Waals surface area contributed by atoms with Gasteiger partial charge in [0, 0.05) is 18.4 Å². The minimum atomic E-state index is -3.35. The molecule has 2 aromatic rings. The summed E-state index contributed by atoms with van der Waals surface area (Å²) in [5.41, 5.74) is 2.00. The summed E-state index contributed by atoms with van der Waals surface area (Å²) in [7, 11) is -3.35. The summed E-state index contributed by atoms with van der Waals surface area (Å²) in [6, 6.07) is 5.28. The van der Waals surface area contributed by atoms with E-state index in [0.29, 0.717) is 53.1 Å². The summed E-state index contributed by atoms with van der Waals surface area (Å²) in [6.45, 7) is 0. The van der Waals surface area contributed by atoms with E-state index in [4.69, 9.17) is 5.11 Å². The minimum absolute atomic E-state index is 0.0197. The van der Waals surface area contributed by atoms with E-state index < -0.39 is 15.8 Å². The summed E-state index contributed by atoms with van der Waals surface area (Å²) in [5.74, 6) is -0.762. The highest BCUT2D eigenvalue weighted by Crippen LogP contribution is 2.46. The van der Waals surface area contributed by atoms with Gasteiger partial charge < -0.3 is 5.11 Å². The quantitative estimate of drug-likeness (QED) is 0.319. The number of carbonyl (C=O) groups excluding carboxylic acids is 2.